The quantitative estimate of drug-likeness (QED) is 0.594. The summed E-state index contributed by atoms with van der Waals surface area (Å²) in [6.45, 7) is 1.69. The summed E-state index contributed by atoms with van der Waals surface area (Å²) < 4.78 is 36.8. The Morgan fingerprint density at radius 3 is 2.41 bits per heavy atom. The van der Waals surface area contributed by atoms with Crippen molar-refractivity contribution in [1.29, 1.82) is 0 Å². The average molecular weight is 453 g/mol. The zero-order valence-electron chi connectivity index (χ0n) is 17.8. The van der Waals surface area contributed by atoms with E-state index in [-0.39, 0.29) is 13.3 Å². The molecule has 3 aromatic rings. The molecule has 1 atom stereocenters. The SMILES string of the molecule is Cc1ccccc1[C@@H](NC(=O)CN(c1ccc2c(c1)OCO2)S(C)(=O)=O)c1ccccc1. The first kappa shape index (κ1) is 21.7. The van der Waals surface area contributed by atoms with Gasteiger partial charge >= 0.3 is 0 Å². The van der Waals surface area contributed by atoms with Gasteiger partial charge in [-0.25, -0.2) is 8.42 Å². The van der Waals surface area contributed by atoms with E-state index in [2.05, 4.69) is 5.32 Å². The Bertz CT molecular complexity index is 1230. The Morgan fingerprint density at radius 2 is 1.69 bits per heavy atom. The van der Waals surface area contributed by atoms with Crippen LogP contribution < -0.4 is 19.1 Å². The molecule has 1 N–H and O–H groups in total. The van der Waals surface area contributed by atoms with Crippen LogP contribution >= 0.6 is 0 Å². The van der Waals surface area contributed by atoms with E-state index in [0.29, 0.717) is 17.2 Å². The minimum Gasteiger partial charge on any atom is -0.454 e. The monoisotopic (exact) mass is 452 g/mol. The molecule has 0 unspecified atom stereocenters. The van der Waals surface area contributed by atoms with Gasteiger partial charge in [-0.15, -0.1) is 0 Å². The van der Waals surface area contributed by atoms with E-state index in [9.17, 15) is 13.2 Å². The molecule has 0 saturated heterocycles. The number of benzene rings is 3. The number of nitrogens with zero attached hydrogens (tertiary/aromatic N) is 1. The lowest BCUT2D eigenvalue weighted by molar-refractivity contribution is -0.120. The molecular weight excluding hydrogens is 428 g/mol. The number of carbonyl (C=O) groups is 1. The highest BCUT2D eigenvalue weighted by atomic mass is 32.2. The Labute approximate surface area is 187 Å². The van der Waals surface area contributed by atoms with Crippen LogP contribution in [-0.2, 0) is 14.8 Å². The Balaban J connectivity index is 1.62. The van der Waals surface area contributed by atoms with Gasteiger partial charge in [0, 0.05) is 6.07 Å². The topological polar surface area (TPSA) is 84.9 Å². The molecule has 32 heavy (non-hydrogen) atoms. The second-order valence-corrected chi connectivity index (χ2v) is 9.48. The summed E-state index contributed by atoms with van der Waals surface area (Å²) in [5, 5.41) is 3.01. The normalized spacial score (nSPS) is 13.4. The number of rotatable bonds is 7. The summed E-state index contributed by atoms with van der Waals surface area (Å²) in [5.74, 6) is 0.555. The van der Waals surface area contributed by atoms with E-state index in [1.807, 2.05) is 61.5 Å². The third-order valence-corrected chi connectivity index (χ3v) is 6.41. The molecule has 1 aliphatic heterocycles. The number of fused-ring (bicyclic) bond motifs is 1. The molecule has 7 nitrogen and oxygen atoms in total. The molecule has 3 aromatic carbocycles. The molecule has 0 fully saturated rings. The molecule has 166 valence electrons. The van der Waals surface area contributed by atoms with Crippen molar-refractivity contribution < 1.29 is 22.7 Å². The van der Waals surface area contributed by atoms with Crippen molar-refractivity contribution in [3.8, 4) is 11.5 Å². The molecule has 4 rings (SSSR count). The zero-order chi connectivity index (χ0) is 22.7. The van der Waals surface area contributed by atoms with E-state index in [1.165, 1.54) is 0 Å². The van der Waals surface area contributed by atoms with Crippen LogP contribution in [0.4, 0.5) is 5.69 Å². The highest BCUT2D eigenvalue weighted by Crippen LogP contribution is 2.36. The summed E-state index contributed by atoms with van der Waals surface area (Å²) in [4.78, 5) is 13.1. The van der Waals surface area contributed by atoms with Crippen LogP contribution in [0.3, 0.4) is 0 Å². The molecule has 0 aromatic heterocycles. The van der Waals surface area contributed by atoms with Gasteiger partial charge in [0.25, 0.3) is 0 Å². The lowest BCUT2D eigenvalue weighted by atomic mass is 9.95. The van der Waals surface area contributed by atoms with E-state index in [0.717, 1.165) is 27.3 Å². The first-order valence-electron chi connectivity index (χ1n) is 10.1. The number of hydrogen-bond acceptors (Lipinski definition) is 5. The summed E-state index contributed by atoms with van der Waals surface area (Å²) in [5.41, 5.74) is 3.21. The van der Waals surface area contributed by atoms with E-state index in [1.54, 1.807) is 18.2 Å². The van der Waals surface area contributed by atoms with Crippen molar-refractivity contribution in [2.24, 2.45) is 0 Å². The van der Waals surface area contributed by atoms with Crippen LogP contribution in [0.15, 0.2) is 72.8 Å². The Hall–Kier alpha value is -3.52. The fourth-order valence-electron chi connectivity index (χ4n) is 3.67. The average Bonchev–Trinajstić information content (AvgIpc) is 3.24. The Morgan fingerprint density at radius 1 is 1.00 bits per heavy atom. The number of anilines is 1. The second-order valence-electron chi connectivity index (χ2n) is 7.57. The summed E-state index contributed by atoms with van der Waals surface area (Å²) in [6.07, 6.45) is 1.07. The third-order valence-electron chi connectivity index (χ3n) is 5.27. The maximum Gasteiger partial charge on any atom is 0.241 e. The summed E-state index contributed by atoms with van der Waals surface area (Å²) >= 11 is 0. The molecule has 0 aliphatic carbocycles. The second kappa shape index (κ2) is 8.92. The van der Waals surface area contributed by atoms with Gasteiger partial charge in [-0.3, -0.25) is 9.10 Å². The van der Waals surface area contributed by atoms with Crippen molar-refractivity contribution in [2.75, 3.05) is 23.9 Å². The van der Waals surface area contributed by atoms with Crippen molar-refractivity contribution in [1.82, 2.24) is 5.32 Å². The molecular formula is C24H24N2O5S. The number of ether oxygens (including phenoxy) is 2. The number of nitrogens with one attached hydrogen (secondary N) is 1. The third kappa shape index (κ3) is 4.70. The number of aryl methyl sites for hydroxylation is 1. The Kier molecular flexibility index (Phi) is 6.05. The van der Waals surface area contributed by atoms with Crippen LogP contribution in [0.25, 0.3) is 0 Å². The summed E-state index contributed by atoms with van der Waals surface area (Å²) in [6, 6.07) is 21.8. The van der Waals surface area contributed by atoms with Gasteiger partial charge in [-0.2, -0.15) is 0 Å². The van der Waals surface area contributed by atoms with Gasteiger partial charge < -0.3 is 14.8 Å². The standard InChI is InChI=1S/C24H24N2O5S/c1-17-8-6-7-11-20(17)24(18-9-4-3-5-10-18)25-23(27)15-26(32(2,28)29)19-12-13-21-22(14-19)31-16-30-21/h3-14,24H,15-16H2,1-2H3,(H,25,27)/t24-/m0/s1. The van der Waals surface area contributed by atoms with Crippen LogP contribution in [-0.4, -0.2) is 33.9 Å². The number of hydrogen-bond donors (Lipinski definition) is 1. The predicted molar refractivity (Wildman–Crippen MR) is 122 cm³/mol. The summed E-state index contributed by atoms with van der Waals surface area (Å²) in [7, 11) is -3.73. The molecule has 0 saturated carbocycles. The predicted octanol–water partition coefficient (Wildman–Crippen LogP) is 3.40. The van der Waals surface area contributed by atoms with Crippen LogP contribution in [0.5, 0.6) is 11.5 Å². The van der Waals surface area contributed by atoms with Gasteiger partial charge in [-0.05, 0) is 35.7 Å². The van der Waals surface area contributed by atoms with Crippen LogP contribution in [0, 0.1) is 6.92 Å². The van der Waals surface area contributed by atoms with Gasteiger partial charge in [0.2, 0.25) is 22.7 Å². The highest BCUT2D eigenvalue weighted by Gasteiger charge is 2.26. The molecule has 1 aliphatic rings. The van der Waals surface area contributed by atoms with Crippen molar-refractivity contribution >= 4 is 21.6 Å². The molecule has 0 radical (unpaired) electrons. The molecule has 1 heterocycles. The number of sulfonamides is 1. The minimum absolute atomic E-state index is 0.0767. The fraction of sp³-hybridized carbons (Fsp3) is 0.208. The van der Waals surface area contributed by atoms with Gasteiger partial charge in [-0.1, -0.05) is 54.6 Å². The lowest BCUT2D eigenvalue weighted by Crippen LogP contribution is -2.42. The van der Waals surface area contributed by atoms with E-state index < -0.39 is 22.0 Å². The lowest BCUT2D eigenvalue weighted by Gasteiger charge is -2.25. The largest absolute Gasteiger partial charge is 0.454 e. The van der Waals surface area contributed by atoms with Crippen LogP contribution in [0.1, 0.15) is 22.7 Å². The number of amides is 1. The van der Waals surface area contributed by atoms with Crippen molar-refractivity contribution in [3.63, 3.8) is 0 Å². The first-order valence-corrected chi connectivity index (χ1v) is 11.9. The molecule has 8 heteroatoms. The smallest absolute Gasteiger partial charge is 0.241 e. The molecule has 1 amide bonds. The van der Waals surface area contributed by atoms with Crippen molar-refractivity contribution in [2.45, 2.75) is 13.0 Å². The van der Waals surface area contributed by atoms with E-state index >= 15 is 0 Å². The fourth-order valence-corrected chi connectivity index (χ4v) is 4.52. The van der Waals surface area contributed by atoms with Crippen molar-refractivity contribution in [3.05, 3.63) is 89.5 Å². The highest BCUT2D eigenvalue weighted by molar-refractivity contribution is 7.92. The molecule has 0 spiro atoms. The van der Waals surface area contributed by atoms with Crippen LogP contribution in [0.2, 0.25) is 0 Å². The van der Waals surface area contributed by atoms with Gasteiger partial charge in [0.15, 0.2) is 11.5 Å². The van der Waals surface area contributed by atoms with E-state index in [4.69, 9.17) is 9.47 Å². The zero-order valence-corrected chi connectivity index (χ0v) is 18.6. The maximum atomic E-state index is 13.1. The first-order chi connectivity index (χ1) is 15.3. The minimum atomic E-state index is -3.73. The maximum absolute atomic E-state index is 13.1. The number of carbonyl (C=O) groups excluding carboxylic acids is 1. The van der Waals surface area contributed by atoms with Gasteiger partial charge in [0.1, 0.15) is 6.54 Å². The van der Waals surface area contributed by atoms with Gasteiger partial charge in [0.05, 0.1) is 18.0 Å². The molecule has 0 bridgehead atoms.